The van der Waals surface area contributed by atoms with E-state index < -0.39 is 23.9 Å². The summed E-state index contributed by atoms with van der Waals surface area (Å²) in [5.41, 5.74) is 3.39. The number of alkyl halides is 6. The Hall–Kier alpha value is -2.35. The number of ketones is 2. The number of fused-ring (bicyclic) bond motifs is 2. The zero-order chi connectivity index (χ0) is 28.4. The van der Waals surface area contributed by atoms with E-state index in [1.54, 1.807) is 12.1 Å². The van der Waals surface area contributed by atoms with Crippen LogP contribution in [-0.2, 0) is 26.4 Å². The van der Waals surface area contributed by atoms with Crippen LogP contribution >= 0.6 is 23.5 Å². The number of benzene rings is 2. The number of carbonyl (C=O) groups excluding carboxylic acids is 2. The van der Waals surface area contributed by atoms with Gasteiger partial charge in [-0.2, -0.15) is 26.3 Å². The molecule has 0 atom stereocenters. The van der Waals surface area contributed by atoms with E-state index in [2.05, 4.69) is 10.6 Å². The first-order chi connectivity index (χ1) is 17.5. The van der Waals surface area contributed by atoms with E-state index in [1.165, 1.54) is 0 Å². The van der Waals surface area contributed by atoms with Crippen LogP contribution in [-0.4, -0.2) is 23.9 Å². The smallest absolute Gasteiger partial charge is 0.651 e. The van der Waals surface area contributed by atoms with Gasteiger partial charge in [-0.3, -0.25) is 9.59 Å². The number of carbonyl (C=O) groups is 2. The molecule has 1 radical (unpaired) electrons. The van der Waals surface area contributed by atoms with E-state index in [-0.39, 0.29) is 26.8 Å². The fraction of sp³-hybridized carbons (Fsp3) is 0.308. The molecule has 0 saturated carbocycles. The molecule has 13 heteroatoms. The molecule has 0 fully saturated rings. The van der Waals surface area contributed by atoms with E-state index in [4.69, 9.17) is 0 Å². The Morgan fingerprint density at radius 3 is 1.31 bits per heavy atom. The maximum Gasteiger partial charge on any atom is 2.00 e. The van der Waals surface area contributed by atoms with Crippen LogP contribution < -0.4 is 0 Å². The van der Waals surface area contributed by atoms with Gasteiger partial charge in [-0.05, 0) is 57.0 Å². The third-order valence-corrected chi connectivity index (χ3v) is 7.19. The Bertz CT molecular complexity index is 1200. The fourth-order valence-electron chi connectivity index (χ4n) is 3.15. The summed E-state index contributed by atoms with van der Waals surface area (Å²) in [5.74, 6) is -3.10. The van der Waals surface area contributed by atoms with Gasteiger partial charge in [0.1, 0.15) is 0 Å². The van der Waals surface area contributed by atoms with Crippen LogP contribution in [0.1, 0.15) is 50.7 Å². The van der Waals surface area contributed by atoms with Gasteiger partial charge >= 0.3 is 29.1 Å². The van der Waals surface area contributed by atoms with Crippen molar-refractivity contribution in [2.75, 3.05) is 0 Å². The van der Waals surface area contributed by atoms with Crippen LogP contribution in [0.5, 0.6) is 0 Å². The van der Waals surface area contributed by atoms with Crippen molar-refractivity contribution in [3.05, 3.63) is 80.4 Å². The number of hydrogen-bond acceptors (Lipinski definition) is 4. The maximum absolute atomic E-state index is 12.2. The number of allylic oxidation sites excluding steroid dienone is 2. The predicted molar refractivity (Wildman–Crippen MR) is 137 cm³/mol. The van der Waals surface area contributed by atoms with Crippen LogP contribution in [0.15, 0.2) is 68.4 Å². The van der Waals surface area contributed by atoms with Crippen molar-refractivity contribution in [2.45, 2.75) is 61.7 Å². The first-order valence-electron chi connectivity index (χ1n) is 11.3. The maximum atomic E-state index is 12.2. The van der Waals surface area contributed by atoms with Gasteiger partial charge in [-0.25, -0.2) is 0 Å². The quantitative estimate of drug-likeness (QED) is 0.249. The molecule has 211 valence electrons. The Labute approximate surface area is 240 Å². The van der Waals surface area contributed by atoms with Gasteiger partial charge < -0.3 is 10.6 Å². The average Bonchev–Trinajstić information content (AvgIpc) is 3.39. The molecule has 0 bridgehead atoms. The van der Waals surface area contributed by atoms with Gasteiger partial charge in [0, 0.05) is 0 Å². The molecule has 4 rings (SSSR count). The van der Waals surface area contributed by atoms with Crippen molar-refractivity contribution < 1.29 is 52.7 Å². The third kappa shape index (κ3) is 8.82. The van der Waals surface area contributed by atoms with Crippen molar-refractivity contribution in [3.8, 4) is 0 Å². The molecule has 0 N–H and O–H groups in total. The zero-order valence-corrected chi connectivity index (χ0v) is 23.6. The molecule has 2 aromatic carbocycles. The molecule has 39 heavy (non-hydrogen) atoms. The number of hydrogen-bond donors (Lipinski definition) is 0. The predicted octanol–water partition coefficient (Wildman–Crippen LogP) is 9.78. The molecule has 0 aliphatic carbocycles. The summed E-state index contributed by atoms with van der Waals surface area (Å²) >= 11 is 2.17. The summed E-state index contributed by atoms with van der Waals surface area (Å²) in [6.45, 7) is 8.12. The van der Waals surface area contributed by atoms with Crippen molar-refractivity contribution in [1.29, 1.82) is 0 Å². The summed E-state index contributed by atoms with van der Waals surface area (Å²) in [7, 11) is 0. The second kappa shape index (κ2) is 12.9. The Morgan fingerprint density at radius 1 is 0.692 bits per heavy atom. The zero-order valence-electron chi connectivity index (χ0n) is 20.9. The molecular formula is C26H22CoF6N2O2S2. The summed E-state index contributed by atoms with van der Waals surface area (Å²) in [5, 5.41) is 8.18. The van der Waals surface area contributed by atoms with Crippen molar-refractivity contribution >= 4 is 46.5 Å². The Morgan fingerprint density at radius 2 is 1.03 bits per heavy atom. The number of rotatable bonds is 4. The van der Waals surface area contributed by atoms with Crippen LogP contribution in [0.3, 0.4) is 0 Å². The number of halogens is 6. The summed E-state index contributed by atoms with van der Waals surface area (Å²) in [4.78, 5) is 23.3. The number of nitrogens with zero attached hydrogens (tertiary/aromatic N) is 2. The standard InChI is InChI=1S/2C13H12F3NOS.Co/c2*1-7(2)8-3-4-9-10(5-8)19-12(17-9)6-11(18)13(14,15)16;/h2*3-7H,1-2H3,(H,17,18);/q;;+2/p-2. The molecule has 0 saturated heterocycles. The van der Waals surface area contributed by atoms with Crippen molar-refractivity contribution in [3.63, 3.8) is 0 Å². The van der Waals surface area contributed by atoms with Gasteiger partial charge in [0.05, 0.1) is 0 Å². The van der Waals surface area contributed by atoms with E-state index >= 15 is 0 Å². The molecule has 2 heterocycles. The molecule has 4 nitrogen and oxygen atoms in total. The van der Waals surface area contributed by atoms with Crippen molar-refractivity contribution in [2.24, 2.45) is 0 Å². The summed E-state index contributed by atoms with van der Waals surface area (Å²) in [6.07, 6.45) is -8.61. The van der Waals surface area contributed by atoms with Crippen LogP contribution in [0, 0.1) is 0 Å². The van der Waals surface area contributed by atoms with Crippen LogP contribution in [0.4, 0.5) is 37.7 Å². The van der Waals surface area contributed by atoms with Gasteiger partial charge in [0.25, 0.3) is 11.6 Å². The van der Waals surface area contributed by atoms with Crippen molar-refractivity contribution in [1.82, 2.24) is 0 Å². The topological polar surface area (TPSA) is 62.3 Å². The molecule has 2 aliphatic rings. The Balaban J connectivity index is 0.000000267. The van der Waals surface area contributed by atoms with E-state index in [0.717, 1.165) is 44.4 Å². The average molecular weight is 632 g/mol. The van der Waals surface area contributed by atoms with Crippen LogP contribution in [0.25, 0.3) is 10.6 Å². The monoisotopic (exact) mass is 631 g/mol. The second-order valence-electron chi connectivity index (χ2n) is 8.88. The molecule has 2 aromatic rings. The Kier molecular flexibility index (Phi) is 10.8. The fourth-order valence-corrected chi connectivity index (χ4v) is 5.04. The minimum absolute atomic E-state index is 0. The first-order valence-corrected chi connectivity index (χ1v) is 12.9. The molecule has 0 amide bonds. The van der Waals surface area contributed by atoms with E-state index in [0.29, 0.717) is 35.4 Å². The minimum Gasteiger partial charge on any atom is -0.651 e. The van der Waals surface area contributed by atoms with Gasteiger partial charge in [0.2, 0.25) is 0 Å². The van der Waals surface area contributed by atoms with E-state index in [9.17, 15) is 35.9 Å². The first kappa shape index (κ1) is 32.9. The van der Waals surface area contributed by atoms with Crippen LogP contribution in [0.2, 0.25) is 0 Å². The molecule has 0 spiro atoms. The molecule has 0 aromatic heterocycles. The molecular weight excluding hydrogens is 609 g/mol. The van der Waals surface area contributed by atoms with Gasteiger partial charge in [-0.15, -0.1) is 34.9 Å². The minimum atomic E-state index is -4.85. The number of thioether (sulfide) groups is 2. The van der Waals surface area contributed by atoms with Gasteiger partial charge in [0.15, 0.2) is 0 Å². The normalized spacial score (nSPS) is 16.2. The summed E-state index contributed by atoms with van der Waals surface area (Å²) in [6, 6.07) is 11.1. The largest absolute Gasteiger partial charge is 2.00 e. The second-order valence-corrected chi connectivity index (χ2v) is 11.0. The summed E-state index contributed by atoms with van der Waals surface area (Å²) < 4.78 is 72.9. The SMILES string of the molecule is CC(C)c1ccc2c(c1)S/C(=C/C(=O)C(F)(F)F)[N-]2.CC(C)c1ccc2c(c1)S/C(=C/C(=O)C(F)(F)F)[N-]2.[Co+2]. The van der Waals surface area contributed by atoms with E-state index in [1.807, 2.05) is 52.0 Å². The molecule has 2 aliphatic heterocycles. The molecule has 0 unspecified atom stereocenters. The van der Waals surface area contributed by atoms with Gasteiger partial charge in [-0.1, -0.05) is 62.0 Å². The third-order valence-electron chi connectivity index (χ3n) is 5.26.